The van der Waals surface area contributed by atoms with Crippen LogP contribution in [0.25, 0.3) is 11.0 Å². The van der Waals surface area contributed by atoms with E-state index < -0.39 is 21.6 Å². The van der Waals surface area contributed by atoms with Crippen LogP contribution >= 0.6 is 11.6 Å². The molecule has 3 aromatic heterocycles. The summed E-state index contributed by atoms with van der Waals surface area (Å²) in [5.41, 5.74) is 4.45. The van der Waals surface area contributed by atoms with E-state index in [9.17, 15) is 17.2 Å². The smallest absolute Gasteiger partial charge is 0.227 e. The molecule has 0 radical (unpaired) electrons. The molecule has 6 aromatic rings. The maximum absolute atomic E-state index is 13.7. The molecule has 0 spiro atoms. The Bertz CT molecular complexity index is 2480. The fourth-order valence-corrected chi connectivity index (χ4v) is 9.60. The molecule has 2 atom stereocenters. The van der Waals surface area contributed by atoms with E-state index in [2.05, 4.69) is 35.0 Å². The molecule has 3 aliphatic heterocycles. The van der Waals surface area contributed by atoms with Gasteiger partial charge in [-0.1, -0.05) is 18.2 Å². The van der Waals surface area contributed by atoms with Crippen LogP contribution in [0.3, 0.4) is 0 Å². The number of methoxy groups -OCH3 is 1. The lowest BCUT2D eigenvalue weighted by Gasteiger charge is -2.35. The number of piperazine rings is 1. The minimum Gasteiger partial charge on any atom is -0.494 e. The Morgan fingerprint density at radius 1 is 0.727 bits per heavy atom. The van der Waals surface area contributed by atoms with Crippen LogP contribution in [0.15, 0.2) is 76.5 Å². The number of halogens is 3. The number of nitrogens with zero attached hydrogens (tertiary/aromatic N) is 8. The summed E-state index contributed by atoms with van der Waals surface area (Å²) in [5.74, 6) is 3.46. The summed E-state index contributed by atoms with van der Waals surface area (Å²) in [5, 5.41) is 6.22. The Balaban J connectivity index is 0.000000189. The molecule has 9 rings (SSSR count). The largest absolute Gasteiger partial charge is 0.494 e. The fraction of sp³-hybridized carbons (Fsp3) is 0.270. The number of rotatable bonds is 7. The van der Waals surface area contributed by atoms with E-state index in [4.69, 9.17) is 31.3 Å². The number of hydrogen-bond acceptors (Lipinski definition) is 12. The summed E-state index contributed by atoms with van der Waals surface area (Å²) in [6, 6.07) is 18.1. The van der Waals surface area contributed by atoms with Gasteiger partial charge in [-0.25, -0.2) is 23.7 Å². The summed E-state index contributed by atoms with van der Waals surface area (Å²) in [4.78, 5) is 28.1. The standard InChI is InChI=1S/C25H26FN7O2S.C12H9ClFN3OS/c1-31-19-7-4-8-20(35-2)21(19)29-25(31)33-12-10-32(11-13-33)24-28-18-9-14-36(34)22(18)23(30-24)27-17-6-3-5-16(26)15-17;13-12-16-9-4-5-19(18)10(9)11(17-12)15-8-3-1-2-7(14)6-8/h3-8,15H,9-14H2,1-2H3,(H,27,28,30);1-3,6H,4-5H2,(H,15,16,17). The third-order valence-electron chi connectivity index (χ3n) is 9.43. The zero-order chi connectivity index (χ0) is 38.2. The molecule has 284 valence electrons. The van der Waals surface area contributed by atoms with Gasteiger partial charge in [-0.05, 0) is 60.1 Å². The summed E-state index contributed by atoms with van der Waals surface area (Å²) in [6.45, 7) is 2.92. The second-order valence-corrected chi connectivity index (χ2v) is 16.3. The van der Waals surface area contributed by atoms with E-state index in [-0.39, 0.29) is 16.9 Å². The van der Waals surface area contributed by atoms with Gasteiger partial charge in [0.2, 0.25) is 17.2 Å². The first kappa shape index (κ1) is 36.7. The lowest BCUT2D eigenvalue weighted by atomic mass is 10.3. The number of aromatic nitrogens is 6. The van der Waals surface area contributed by atoms with Crippen LogP contribution in [0.5, 0.6) is 5.75 Å². The highest BCUT2D eigenvalue weighted by Gasteiger charge is 2.30. The SMILES string of the molecule is COc1cccc2c1nc(N1CCN(c3nc4c(c(Nc5cccc(F)c5)n3)S(=O)CC4)CC1)n2C.O=S1CCc2nc(Cl)nc(Nc3cccc(F)c3)c21. The molecule has 0 saturated carbocycles. The highest BCUT2D eigenvalue weighted by molar-refractivity contribution is 7.85. The van der Waals surface area contributed by atoms with Gasteiger partial charge >= 0.3 is 0 Å². The molecule has 1 fully saturated rings. The molecule has 0 amide bonds. The van der Waals surface area contributed by atoms with Crippen molar-refractivity contribution in [2.75, 3.05) is 65.2 Å². The van der Waals surface area contributed by atoms with Crippen molar-refractivity contribution < 1.29 is 21.9 Å². The topological polar surface area (TPSA) is 143 Å². The van der Waals surface area contributed by atoms with Crippen LogP contribution in [0, 0.1) is 11.6 Å². The van der Waals surface area contributed by atoms with Gasteiger partial charge in [-0.2, -0.15) is 9.97 Å². The van der Waals surface area contributed by atoms with Crippen molar-refractivity contribution in [3.05, 3.63) is 95.0 Å². The summed E-state index contributed by atoms with van der Waals surface area (Å²) in [7, 11) is 1.37. The molecule has 18 heteroatoms. The minimum atomic E-state index is -1.17. The monoisotopic (exact) mass is 804 g/mol. The van der Waals surface area contributed by atoms with Gasteiger partial charge in [0.1, 0.15) is 32.7 Å². The second kappa shape index (κ2) is 15.5. The zero-order valence-electron chi connectivity index (χ0n) is 29.8. The molecular weight excluding hydrogens is 770 g/mol. The third-order valence-corrected chi connectivity index (χ3v) is 12.5. The van der Waals surface area contributed by atoms with Gasteiger partial charge in [0.05, 0.1) is 45.6 Å². The minimum absolute atomic E-state index is 0.0940. The first-order valence-electron chi connectivity index (χ1n) is 17.4. The van der Waals surface area contributed by atoms with Gasteiger partial charge in [0.25, 0.3) is 0 Å². The Labute approximate surface area is 325 Å². The van der Waals surface area contributed by atoms with Crippen LogP contribution in [-0.2, 0) is 41.5 Å². The van der Waals surface area contributed by atoms with Gasteiger partial charge in [0.15, 0.2) is 11.6 Å². The molecule has 0 aliphatic carbocycles. The van der Waals surface area contributed by atoms with Crippen LogP contribution in [0.1, 0.15) is 11.4 Å². The zero-order valence-corrected chi connectivity index (χ0v) is 32.1. The molecule has 3 aliphatic rings. The highest BCUT2D eigenvalue weighted by atomic mass is 35.5. The van der Waals surface area contributed by atoms with Crippen LogP contribution in [-0.4, -0.2) is 82.7 Å². The van der Waals surface area contributed by atoms with E-state index in [1.54, 1.807) is 31.4 Å². The Morgan fingerprint density at radius 3 is 1.89 bits per heavy atom. The number of imidazole rings is 1. The number of aryl methyl sites for hydroxylation is 3. The van der Waals surface area contributed by atoms with E-state index >= 15 is 0 Å². The number of para-hydroxylation sites is 1. The van der Waals surface area contributed by atoms with E-state index in [0.29, 0.717) is 81.9 Å². The van der Waals surface area contributed by atoms with Gasteiger partial charge < -0.3 is 29.7 Å². The average molecular weight is 805 g/mol. The quantitative estimate of drug-likeness (QED) is 0.185. The molecule has 2 unspecified atom stereocenters. The number of benzene rings is 3. The molecule has 55 heavy (non-hydrogen) atoms. The number of hydrogen-bond donors (Lipinski definition) is 2. The van der Waals surface area contributed by atoms with Crippen LogP contribution < -0.4 is 25.2 Å². The van der Waals surface area contributed by atoms with Crippen molar-refractivity contribution >= 4 is 79.1 Å². The summed E-state index contributed by atoms with van der Waals surface area (Å²) >= 11 is 5.84. The number of nitrogens with one attached hydrogen (secondary N) is 2. The first-order valence-corrected chi connectivity index (χ1v) is 20.5. The van der Waals surface area contributed by atoms with E-state index in [1.807, 2.05) is 25.2 Å². The molecular formula is C37H35ClF2N10O3S2. The fourth-order valence-electron chi connectivity index (χ4n) is 6.80. The van der Waals surface area contributed by atoms with Crippen molar-refractivity contribution in [3.8, 4) is 5.75 Å². The van der Waals surface area contributed by atoms with Gasteiger partial charge in [0, 0.05) is 68.9 Å². The molecule has 0 bridgehead atoms. The highest BCUT2D eigenvalue weighted by Crippen LogP contribution is 2.34. The molecule has 1 saturated heterocycles. The lowest BCUT2D eigenvalue weighted by Crippen LogP contribution is -2.48. The predicted molar refractivity (Wildman–Crippen MR) is 210 cm³/mol. The Kier molecular flexibility index (Phi) is 10.3. The molecule has 6 heterocycles. The van der Waals surface area contributed by atoms with E-state index in [1.165, 1.54) is 24.3 Å². The Hall–Kier alpha value is -5.26. The molecule has 2 N–H and O–H groups in total. The van der Waals surface area contributed by atoms with Gasteiger partial charge in [-0.3, -0.25) is 8.42 Å². The second-order valence-electron chi connectivity index (χ2n) is 12.9. The maximum atomic E-state index is 13.7. The normalized spacial score (nSPS) is 17.4. The Morgan fingerprint density at radius 2 is 1.29 bits per heavy atom. The number of fused-ring (bicyclic) bond motifs is 3. The van der Waals surface area contributed by atoms with Crippen molar-refractivity contribution in [2.45, 2.75) is 22.6 Å². The number of anilines is 6. The van der Waals surface area contributed by atoms with Crippen molar-refractivity contribution in [2.24, 2.45) is 7.05 Å². The van der Waals surface area contributed by atoms with Crippen LogP contribution in [0.4, 0.5) is 43.7 Å². The van der Waals surface area contributed by atoms with E-state index in [0.717, 1.165) is 41.5 Å². The predicted octanol–water partition coefficient (Wildman–Crippen LogP) is 5.92. The first-order chi connectivity index (χ1) is 26.6. The van der Waals surface area contributed by atoms with Crippen molar-refractivity contribution in [3.63, 3.8) is 0 Å². The average Bonchev–Trinajstić information content (AvgIpc) is 3.86. The summed E-state index contributed by atoms with van der Waals surface area (Å²) in [6.07, 6.45) is 1.25. The number of ether oxygens (including phenoxy) is 1. The maximum Gasteiger partial charge on any atom is 0.227 e. The summed E-state index contributed by atoms with van der Waals surface area (Å²) < 4.78 is 59.1. The third kappa shape index (κ3) is 7.55. The lowest BCUT2D eigenvalue weighted by molar-refractivity contribution is 0.419. The van der Waals surface area contributed by atoms with Crippen molar-refractivity contribution in [1.29, 1.82) is 0 Å². The molecule has 13 nitrogen and oxygen atoms in total. The van der Waals surface area contributed by atoms with Gasteiger partial charge in [-0.15, -0.1) is 0 Å². The van der Waals surface area contributed by atoms with Crippen molar-refractivity contribution in [1.82, 2.24) is 29.5 Å². The van der Waals surface area contributed by atoms with Crippen LogP contribution in [0.2, 0.25) is 5.28 Å². The molecule has 3 aromatic carbocycles.